The molecule has 2 aromatic carbocycles. The fraction of sp³-hybridized carbons (Fsp3) is 0.235. The number of hydrogen-bond donors (Lipinski definition) is 1. The normalized spacial score (nSPS) is 11.0. The van der Waals surface area contributed by atoms with Gasteiger partial charge in [0.15, 0.2) is 0 Å². The van der Waals surface area contributed by atoms with Crippen LogP contribution in [0.15, 0.2) is 48.8 Å². The molecule has 0 atom stereocenters. The van der Waals surface area contributed by atoms with E-state index < -0.39 is 0 Å². The van der Waals surface area contributed by atoms with Crippen LogP contribution >= 0.6 is 0 Å². The summed E-state index contributed by atoms with van der Waals surface area (Å²) in [5.41, 5.74) is 2.37. The second-order valence-corrected chi connectivity index (χ2v) is 5.09. The SMILES string of the molecule is COc1ccc2ccccc2c1CNCc1cnn(C)c1. The van der Waals surface area contributed by atoms with Gasteiger partial charge in [0, 0.05) is 37.5 Å². The minimum Gasteiger partial charge on any atom is -0.496 e. The molecule has 0 aliphatic carbocycles. The summed E-state index contributed by atoms with van der Waals surface area (Å²) in [6, 6.07) is 12.5. The molecule has 108 valence electrons. The van der Waals surface area contributed by atoms with Gasteiger partial charge >= 0.3 is 0 Å². The van der Waals surface area contributed by atoms with Crippen molar-refractivity contribution in [3.8, 4) is 5.75 Å². The van der Waals surface area contributed by atoms with Gasteiger partial charge in [-0.2, -0.15) is 5.10 Å². The van der Waals surface area contributed by atoms with Crippen molar-refractivity contribution in [2.45, 2.75) is 13.1 Å². The van der Waals surface area contributed by atoms with E-state index in [1.54, 1.807) is 7.11 Å². The van der Waals surface area contributed by atoms with Gasteiger partial charge in [-0.25, -0.2) is 0 Å². The standard InChI is InChI=1S/C17H19N3O/c1-20-12-13(10-19-20)9-18-11-16-15-6-4-3-5-14(15)7-8-17(16)21-2/h3-8,10,12,18H,9,11H2,1-2H3. The molecule has 0 saturated heterocycles. The van der Waals surface area contributed by atoms with Crippen LogP contribution in [0.5, 0.6) is 5.75 Å². The van der Waals surface area contributed by atoms with Crippen LogP contribution < -0.4 is 10.1 Å². The van der Waals surface area contributed by atoms with Gasteiger partial charge in [0.05, 0.1) is 13.3 Å². The van der Waals surface area contributed by atoms with Crippen molar-refractivity contribution < 1.29 is 4.74 Å². The summed E-state index contributed by atoms with van der Waals surface area (Å²) < 4.78 is 7.32. The van der Waals surface area contributed by atoms with Crippen LogP contribution in [0.2, 0.25) is 0 Å². The Hall–Kier alpha value is -2.33. The minimum atomic E-state index is 0.763. The highest BCUT2D eigenvalue weighted by Crippen LogP contribution is 2.27. The van der Waals surface area contributed by atoms with Crippen LogP contribution in [0.4, 0.5) is 0 Å². The lowest BCUT2D eigenvalue weighted by atomic mass is 10.0. The number of rotatable bonds is 5. The molecule has 0 spiro atoms. The number of methoxy groups -OCH3 is 1. The van der Waals surface area contributed by atoms with E-state index in [9.17, 15) is 0 Å². The van der Waals surface area contributed by atoms with E-state index in [1.165, 1.54) is 21.9 Å². The Labute approximate surface area is 124 Å². The van der Waals surface area contributed by atoms with E-state index in [1.807, 2.05) is 30.2 Å². The van der Waals surface area contributed by atoms with E-state index in [-0.39, 0.29) is 0 Å². The van der Waals surface area contributed by atoms with E-state index in [4.69, 9.17) is 4.74 Å². The molecule has 0 amide bonds. The molecule has 0 aliphatic rings. The van der Waals surface area contributed by atoms with Crippen molar-refractivity contribution in [2.75, 3.05) is 7.11 Å². The summed E-state index contributed by atoms with van der Waals surface area (Å²) >= 11 is 0. The van der Waals surface area contributed by atoms with E-state index in [0.717, 1.165) is 18.8 Å². The fourth-order valence-corrected chi connectivity index (χ4v) is 2.58. The molecule has 4 nitrogen and oxygen atoms in total. The summed E-state index contributed by atoms with van der Waals surface area (Å²) in [6.45, 7) is 1.56. The first-order valence-electron chi connectivity index (χ1n) is 7.01. The van der Waals surface area contributed by atoms with Gasteiger partial charge in [-0.05, 0) is 16.8 Å². The molecular formula is C17H19N3O. The molecule has 0 fully saturated rings. The van der Waals surface area contributed by atoms with Crippen LogP contribution in [0.1, 0.15) is 11.1 Å². The zero-order valence-electron chi connectivity index (χ0n) is 12.3. The minimum absolute atomic E-state index is 0.763. The molecule has 0 bridgehead atoms. The van der Waals surface area contributed by atoms with Gasteiger partial charge in [0.25, 0.3) is 0 Å². The topological polar surface area (TPSA) is 39.1 Å². The average Bonchev–Trinajstić information content (AvgIpc) is 2.93. The second-order valence-electron chi connectivity index (χ2n) is 5.09. The van der Waals surface area contributed by atoms with E-state index in [0.29, 0.717) is 0 Å². The van der Waals surface area contributed by atoms with Crippen molar-refractivity contribution in [1.82, 2.24) is 15.1 Å². The Morgan fingerprint density at radius 3 is 2.76 bits per heavy atom. The van der Waals surface area contributed by atoms with Crippen molar-refractivity contribution in [3.63, 3.8) is 0 Å². The number of ether oxygens (including phenoxy) is 1. The highest BCUT2D eigenvalue weighted by Gasteiger charge is 2.08. The van der Waals surface area contributed by atoms with Crippen molar-refractivity contribution in [2.24, 2.45) is 7.05 Å². The number of aryl methyl sites for hydroxylation is 1. The van der Waals surface area contributed by atoms with E-state index in [2.05, 4.69) is 40.7 Å². The Balaban J connectivity index is 1.81. The zero-order chi connectivity index (χ0) is 14.7. The third kappa shape index (κ3) is 2.90. The lowest BCUT2D eigenvalue weighted by molar-refractivity contribution is 0.408. The molecule has 0 unspecified atom stereocenters. The van der Waals surface area contributed by atoms with Crippen LogP contribution in [-0.2, 0) is 20.1 Å². The monoisotopic (exact) mass is 281 g/mol. The van der Waals surface area contributed by atoms with Crippen molar-refractivity contribution in [3.05, 3.63) is 59.9 Å². The lowest BCUT2D eigenvalue weighted by Crippen LogP contribution is -2.13. The molecular weight excluding hydrogens is 262 g/mol. The van der Waals surface area contributed by atoms with Crippen molar-refractivity contribution in [1.29, 1.82) is 0 Å². The Bertz CT molecular complexity index is 749. The first-order valence-corrected chi connectivity index (χ1v) is 7.01. The molecule has 3 aromatic rings. The molecule has 1 heterocycles. The van der Waals surface area contributed by atoms with Gasteiger partial charge in [-0.3, -0.25) is 4.68 Å². The maximum atomic E-state index is 5.50. The molecule has 0 radical (unpaired) electrons. The third-order valence-electron chi connectivity index (χ3n) is 3.61. The third-order valence-corrected chi connectivity index (χ3v) is 3.61. The Kier molecular flexibility index (Phi) is 3.88. The Morgan fingerprint density at radius 2 is 2.00 bits per heavy atom. The number of benzene rings is 2. The summed E-state index contributed by atoms with van der Waals surface area (Å²) in [4.78, 5) is 0. The number of hydrogen-bond acceptors (Lipinski definition) is 3. The van der Waals surface area contributed by atoms with Crippen molar-refractivity contribution >= 4 is 10.8 Å². The van der Waals surface area contributed by atoms with Crippen LogP contribution in [0, 0.1) is 0 Å². The van der Waals surface area contributed by atoms with Crippen LogP contribution in [0.3, 0.4) is 0 Å². The molecule has 4 heteroatoms. The summed E-state index contributed by atoms with van der Waals surface area (Å²) in [5.74, 6) is 0.924. The number of nitrogens with one attached hydrogen (secondary N) is 1. The molecule has 0 saturated carbocycles. The first kappa shape index (κ1) is 13.6. The van der Waals surface area contributed by atoms with E-state index >= 15 is 0 Å². The molecule has 1 aromatic heterocycles. The second kappa shape index (κ2) is 5.97. The number of fused-ring (bicyclic) bond motifs is 1. The maximum Gasteiger partial charge on any atom is 0.123 e. The molecule has 1 N–H and O–H groups in total. The lowest BCUT2D eigenvalue weighted by Gasteiger charge is -2.12. The molecule has 21 heavy (non-hydrogen) atoms. The number of aromatic nitrogens is 2. The summed E-state index contributed by atoms with van der Waals surface area (Å²) in [7, 11) is 3.64. The highest BCUT2D eigenvalue weighted by molar-refractivity contribution is 5.87. The van der Waals surface area contributed by atoms with Gasteiger partial charge in [-0.15, -0.1) is 0 Å². The summed E-state index contributed by atoms with van der Waals surface area (Å²) in [5, 5.41) is 10.1. The van der Waals surface area contributed by atoms with Crippen LogP contribution in [0.25, 0.3) is 10.8 Å². The van der Waals surface area contributed by atoms with Crippen LogP contribution in [-0.4, -0.2) is 16.9 Å². The quantitative estimate of drug-likeness (QED) is 0.781. The molecule has 0 aliphatic heterocycles. The first-order chi connectivity index (χ1) is 10.3. The highest BCUT2D eigenvalue weighted by atomic mass is 16.5. The largest absolute Gasteiger partial charge is 0.496 e. The summed E-state index contributed by atoms with van der Waals surface area (Å²) in [6.07, 6.45) is 3.90. The predicted octanol–water partition coefficient (Wildman–Crippen LogP) is 2.87. The predicted molar refractivity (Wildman–Crippen MR) is 84.3 cm³/mol. The Morgan fingerprint density at radius 1 is 1.14 bits per heavy atom. The maximum absolute atomic E-state index is 5.50. The molecule has 3 rings (SSSR count). The average molecular weight is 281 g/mol. The smallest absolute Gasteiger partial charge is 0.123 e. The number of nitrogens with zero attached hydrogens (tertiary/aromatic N) is 2. The van der Waals surface area contributed by atoms with Gasteiger partial charge in [0.1, 0.15) is 5.75 Å². The van der Waals surface area contributed by atoms with Gasteiger partial charge in [0.2, 0.25) is 0 Å². The van der Waals surface area contributed by atoms with Gasteiger partial charge < -0.3 is 10.1 Å². The zero-order valence-corrected chi connectivity index (χ0v) is 12.3. The van der Waals surface area contributed by atoms with Gasteiger partial charge in [-0.1, -0.05) is 30.3 Å². The fourth-order valence-electron chi connectivity index (χ4n) is 2.58.